The molecule has 1 aromatic heterocycles. The van der Waals surface area contributed by atoms with Gasteiger partial charge in [0, 0.05) is 25.6 Å². The van der Waals surface area contributed by atoms with Crippen molar-refractivity contribution in [1.29, 1.82) is 0 Å². The fourth-order valence-electron chi connectivity index (χ4n) is 3.55. The highest BCUT2D eigenvalue weighted by molar-refractivity contribution is 6.33. The number of hydrogen-bond acceptors (Lipinski definition) is 2. The Hall–Kier alpha value is -1.29. The van der Waals surface area contributed by atoms with E-state index in [-0.39, 0.29) is 0 Å². The molecule has 1 fully saturated rings. The number of rotatable bonds is 0. The first-order chi connectivity index (χ1) is 8.81. The maximum absolute atomic E-state index is 4.87. The van der Waals surface area contributed by atoms with Gasteiger partial charge in [0.05, 0.1) is 11.0 Å². The van der Waals surface area contributed by atoms with Gasteiger partial charge in [0.15, 0.2) is 0 Å². The van der Waals surface area contributed by atoms with Crippen LogP contribution < -0.4 is 5.46 Å². The van der Waals surface area contributed by atoms with Crippen LogP contribution in [-0.2, 0) is 13.0 Å². The van der Waals surface area contributed by atoms with Crippen molar-refractivity contribution in [2.45, 2.75) is 31.8 Å². The van der Waals surface area contributed by atoms with Gasteiger partial charge in [0.25, 0.3) is 0 Å². The summed E-state index contributed by atoms with van der Waals surface area (Å²) in [5.74, 6) is 1.30. The van der Waals surface area contributed by atoms with Crippen molar-refractivity contribution >= 4 is 24.3 Å². The van der Waals surface area contributed by atoms with Crippen molar-refractivity contribution in [3.8, 4) is 0 Å². The molecule has 0 bridgehead atoms. The number of hydrogen-bond donors (Lipinski definition) is 0. The summed E-state index contributed by atoms with van der Waals surface area (Å²) < 4.78 is 2.44. The summed E-state index contributed by atoms with van der Waals surface area (Å²) in [7, 11) is 2.14. The Kier molecular flexibility index (Phi) is 2.27. The lowest BCUT2D eigenvalue weighted by Crippen LogP contribution is -2.30. The monoisotopic (exact) mass is 239 g/mol. The maximum atomic E-state index is 4.87. The molecule has 0 aliphatic carbocycles. The molecule has 0 spiro atoms. The molecule has 0 unspecified atom stereocenters. The number of imidazole rings is 1. The minimum Gasteiger partial charge on any atom is -0.327 e. The van der Waals surface area contributed by atoms with Crippen LogP contribution in [0, 0.1) is 0 Å². The molecule has 2 aliphatic heterocycles. The molecule has 0 N–H and O–H groups in total. The molecule has 1 atom stereocenters. The predicted molar refractivity (Wildman–Crippen MR) is 76.2 cm³/mol. The van der Waals surface area contributed by atoms with Gasteiger partial charge in [-0.05, 0) is 31.5 Å². The third-order valence-electron chi connectivity index (χ3n) is 4.51. The molecule has 3 heterocycles. The van der Waals surface area contributed by atoms with Crippen LogP contribution in [-0.4, -0.2) is 41.4 Å². The van der Waals surface area contributed by atoms with Crippen LogP contribution in [0.5, 0.6) is 0 Å². The minimum atomic E-state index is 0.740. The van der Waals surface area contributed by atoms with Crippen LogP contribution in [0.1, 0.15) is 18.7 Å². The molecule has 0 radical (unpaired) electrons. The summed E-state index contributed by atoms with van der Waals surface area (Å²) in [6.45, 7) is 3.58. The Morgan fingerprint density at radius 2 is 2.17 bits per heavy atom. The van der Waals surface area contributed by atoms with E-state index in [2.05, 4.69) is 35.5 Å². The van der Waals surface area contributed by atoms with Crippen LogP contribution in [0.4, 0.5) is 0 Å². The fourth-order valence-corrected chi connectivity index (χ4v) is 3.55. The number of aromatic nitrogens is 2. The predicted octanol–water partition coefficient (Wildman–Crippen LogP) is 0.315. The lowest BCUT2D eigenvalue weighted by molar-refractivity contribution is 0.258. The second-order valence-corrected chi connectivity index (χ2v) is 5.71. The van der Waals surface area contributed by atoms with Gasteiger partial charge in [-0.1, -0.05) is 11.5 Å². The molecule has 18 heavy (non-hydrogen) atoms. The molecule has 1 aromatic carbocycles. The lowest BCUT2D eigenvalue weighted by atomic mass is 9.96. The van der Waals surface area contributed by atoms with E-state index in [1.165, 1.54) is 48.3 Å². The average Bonchev–Trinajstić information content (AvgIpc) is 2.88. The minimum absolute atomic E-state index is 0.740. The van der Waals surface area contributed by atoms with Gasteiger partial charge in [-0.2, -0.15) is 0 Å². The van der Waals surface area contributed by atoms with Crippen LogP contribution in [0.3, 0.4) is 0 Å². The van der Waals surface area contributed by atoms with E-state index in [1.54, 1.807) is 0 Å². The van der Waals surface area contributed by atoms with E-state index in [0.29, 0.717) is 0 Å². The second-order valence-electron chi connectivity index (χ2n) is 5.71. The molecule has 3 nitrogen and oxygen atoms in total. The van der Waals surface area contributed by atoms with Crippen molar-refractivity contribution in [2.24, 2.45) is 0 Å². The summed E-state index contributed by atoms with van der Waals surface area (Å²) in [5, 5.41) is 0. The topological polar surface area (TPSA) is 21.1 Å². The van der Waals surface area contributed by atoms with Crippen LogP contribution in [0.15, 0.2) is 18.2 Å². The summed E-state index contributed by atoms with van der Waals surface area (Å²) >= 11 is 0. The van der Waals surface area contributed by atoms with E-state index >= 15 is 0 Å². The van der Waals surface area contributed by atoms with Crippen molar-refractivity contribution in [3.63, 3.8) is 0 Å². The standard InChI is InChI=1S/C14H18BN3/c15-10-3-4-13-12(8-10)16-14-9-11-2-1-5-17(11)6-7-18(13)14/h3-4,8,11H,1-2,5-7,9,15H2/t11-/m0/s1. The summed E-state index contributed by atoms with van der Waals surface area (Å²) in [6.07, 6.45) is 3.85. The zero-order valence-electron chi connectivity index (χ0n) is 10.9. The molecule has 0 amide bonds. The highest BCUT2D eigenvalue weighted by atomic mass is 15.2. The quantitative estimate of drug-likeness (QED) is 0.617. The van der Waals surface area contributed by atoms with E-state index in [9.17, 15) is 0 Å². The Morgan fingerprint density at radius 1 is 1.22 bits per heavy atom. The first-order valence-corrected chi connectivity index (χ1v) is 7.01. The zero-order valence-corrected chi connectivity index (χ0v) is 10.9. The van der Waals surface area contributed by atoms with Crippen LogP contribution >= 0.6 is 0 Å². The highest BCUT2D eigenvalue weighted by Crippen LogP contribution is 2.26. The van der Waals surface area contributed by atoms with E-state index in [0.717, 1.165) is 19.0 Å². The molecule has 92 valence electrons. The Balaban J connectivity index is 1.83. The van der Waals surface area contributed by atoms with Crippen molar-refractivity contribution in [1.82, 2.24) is 14.5 Å². The lowest BCUT2D eigenvalue weighted by Gasteiger charge is -2.20. The van der Waals surface area contributed by atoms with Gasteiger partial charge in [-0.15, -0.1) is 0 Å². The molecule has 2 aromatic rings. The van der Waals surface area contributed by atoms with Gasteiger partial charge in [-0.3, -0.25) is 4.90 Å². The molecule has 0 saturated carbocycles. The van der Waals surface area contributed by atoms with Crippen molar-refractivity contribution in [2.75, 3.05) is 13.1 Å². The summed E-state index contributed by atoms with van der Waals surface area (Å²) in [4.78, 5) is 7.52. The summed E-state index contributed by atoms with van der Waals surface area (Å²) in [6, 6.07) is 7.38. The second kappa shape index (κ2) is 3.85. The van der Waals surface area contributed by atoms with Gasteiger partial charge in [0.2, 0.25) is 0 Å². The van der Waals surface area contributed by atoms with E-state index in [4.69, 9.17) is 4.98 Å². The molecular weight excluding hydrogens is 221 g/mol. The average molecular weight is 239 g/mol. The molecule has 4 rings (SSSR count). The Bertz CT molecular complexity index is 604. The Morgan fingerprint density at radius 3 is 3.11 bits per heavy atom. The first kappa shape index (κ1) is 10.6. The molecule has 4 heteroatoms. The Labute approximate surface area is 108 Å². The van der Waals surface area contributed by atoms with Gasteiger partial charge >= 0.3 is 0 Å². The SMILES string of the molecule is Bc1ccc2c(c1)nc1n2CCN2CCC[C@H]2C1. The first-order valence-electron chi connectivity index (χ1n) is 7.01. The molecule has 2 aliphatic rings. The highest BCUT2D eigenvalue weighted by Gasteiger charge is 2.29. The number of benzene rings is 1. The van der Waals surface area contributed by atoms with Gasteiger partial charge in [-0.25, -0.2) is 4.98 Å². The summed E-state index contributed by atoms with van der Waals surface area (Å²) in [5.41, 5.74) is 3.80. The van der Waals surface area contributed by atoms with Gasteiger partial charge < -0.3 is 4.57 Å². The van der Waals surface area contributed by atoms with E-state index < -0.39 is 0 Å². The van der Waals surface area contributed by atoms with Crippen molar-refractivity contribution < 1.29 is 0 Å². The number of nitrogens with zero attached hydrogens (tertiary/aromatic N) is 3. The van der Waals surface area contributed by atoms with Crippen LogP contribution in [0.25, 0.3) is 11.0 Å². The molecular formula is C14H18BN3. The maximum Gasteiger partial charge on any atom is 0.139 e. The van der Waals surface area contributed by atoms with Crippen LogP contribution in [0.2, 0.25) is 0 Å². The third kappa shape index (κ3) is 1.52. The zero-order chi connectivity index (χ0) is 12.1. The number of fused-ring (bicyclic) bond motifs is 4. The smallest absolute Gasteiger partial charge is 0.139 e. The third-order valence-corrected chi connectivity index (χ3v) is 4.51. The molecule has 1 saturated heterocycles. The van der Waals surface area contributed by atoms with Crippen molar-refractivity contribution in [3.05, 3.63) is 24.0 Å². The van der Waals surface area contributed by atoms with E-state index in [1.807, 2.05) is 0 Å². The normalized spacial score (nSPS) is 23.9. The largest absolute Gasteiger partial charge is 0.327 e. The van der Waals surface area contributed by atoms with Gasteiger partial charge in [0.1, 0.15) is 13.7 Å². The fraction of sp³-hybridized carbons (Fsp3) is 0.500.